The molecule has 2 unspecified atom stereocenters. The number of nitrogens with one attached hydrogen (secondary N) is 1. The molecule has 124 valence electrons. The smallest absolute Gasteiger partial charge is 0.228 e. The van der Waals surface area contributed by atoms with Crippen LogP contribution in [-0.4, -0.2) is 23.8 Å². The Hall–Kier alpha value is -2.33. The van der Waals surface area contributed by atoms with Crippen LogP contribution in [0, 0.1) is 11.8 Å². The van der Waals surface area contributed by atoms with E-state index in [0.29, 0.717) is 23.7 Å². The summed E-state index contributed by atoms with van der Waals surface area (Å²) in [4.78, 5) is 26.4. The third kappa shape index (κ3) is 3.95. The summed E-state index contributed by atoms with van der Waals surface area (Å²) in [6.45, 7) is 0.557. The van der Waals surface area contributed by atoms with E-state index in [1.54, 1.807) is 36.2 Å². The Morgan fingerprint density at radius 1 is 1.08 bits per heavy atom. The van der Waals surface area contributed by atoms with Crippen LogP contribution in [0.2, 0.25) is 5.02 Å². The fourth-order valence-electron chi connectivity index (χ4n) is 2.74. The van der Waals surface area contributed by atoms with Gasteiger partial charge in [0.05, 0.1) is 11.8 Å². The van der Waals surface area contributed by atoms with E-state index >= 15 is 0 Å². The fourth-order valence-corrected chi connectivity index (χ4v) is 2.87. The van der Waals surface area contributed by atoms with Gasteiger partial charge in [0.25, 0.3) is 0 Å². The zero-order valence-electron chi connectivity index (χ0n) is 13.4. The average molecular weight is 343 g/mol. The summed E-state index contributed by atoms with van der Waals surface area (Å²) in [5.41, 5.74) is 1.77. The number of carbonyl (C=O) groups excluding carboxylic acids is 2. The van der Waals surface area contributed by atoms with Gasteiger partial charge in [-0.1, -0.05) is 41.9 Å². The molecule has 1 aliphatic rings. The molecule has 2 atom stereocenters. The maximum absolute atomic E-state index is 12.5. The molecule has 4 nitrogen and oxygen atoms in total. The quantitative estimate of drug-likeness (QED) is 0.903. The Morgan fingerprint density at radius 3 is 2.42 bits per heavy atom. The molecule has 2 aromatic rings. The van der Waals surface area contributed by atoms with Crippen LogP contribution < -0.4 is 5.32 Å². The lowest BCUT2D eigenvalue weighted by molar-refractivity contribution is -0.133. The topological polar surface area (TPSA) is 49.4 Å². The molecule has 0 aromatic heterocycles. The molecule has 2 amide bonds. The highest BCUT2D eigenvalue weighted by atomic mass is 35.5. The number of nitrogens with zero attached hydrogens (tertiary/aromatic N) is 1. The molecule has 1 aliphatic carbocycles. The maximum Gasteiger partial charge on any atom is 0.228 e. The van der Waals surface area contributed by atoms with Gasteiger partial charge in [-0.2, -0.15) is 0 Å². The number of benzene rings is 2. The molecule has 1 saturated carbocycles. The second kappa shape index (κ2) is 7.05. The van der Waals surface area contributed by atoms with Gasteiger partial charge in [-0.25, -0.2) is 0 Å². The monoisotopic (exact) mass is 342 g/mol. The van der Waals surface area contributed by atoms with Crippen LogP contribution in [0.3, 0.4) is 0 Å². The Morgan fingerprint density at radius 2 is 1.75 bits per heavy atom. The van der Waals surface area contributed by atoms with E-state index in [4.69, 9.17) is 11.6 Å². The molecule has 0 saturated heterocycles. The first-order valence-electron chi connectivity index (χ1n) is 7.90. The van der Waals surface area contributed by atoms with Gasteiger partial charge >= 0.3 is 0 Å². The molecule has 1 fully saturated rings. The fraction of sp³-hybridized carbons (Fsp3) is 0.263. The van der Waals surface area contributed by atoms with E-state index in [1.807, 2.05) is 30.3 Å². The van der Waals surface area contributed by atoms with Crippen LogP contribution >= 0.6 is 11.6 Å². The standard InChI is InChI=1S/C19H19ClN2O2/c1-22(12-13-5-3-2-4-6-13)19(24)17-11-16(17)18(23)21-15-9-7-14(20)8-10-15/h2-10,16-17H,11-12H2,1H3,(H,21,23). The van der Waals surface area contributed by atoms with Crippen molar-refractivity contribution in [2.24, 2.45) is 11.8 Å². The third-order valence-electron chi connectivity index (χ3n) is 4.19. The lowest BCUT2D eigenvalue weighted by Crippen LogP contribution is -2.29. The molecule has 0 heterocycles. The van der Waals surface area contributed by atoms with Gasteiger partial charge < -0.3 is 10.2 Å². The lowest BCUT2D eigenvalue weighted by Gasteiger charge is -2.17. The summed E-state index contributed by atoms with van der Waals surface area (Å²) < 4.78 is 0. The van der Waals surface area contributed by atoms with E-state index in [1.165, 1.54) is 0 Å². The van der Waals surface area contributed by atoms with Crippen molar-refractivity contribution in [2.45, 2.75) is 13.0 Å². The van der Waals surface area contributed by atoms with Crippen LogP contribution in [0.25, 0.3) is 0 Å². The second-order valence-corrected chi connectivity index (χ2v) is 6.56. The number of anilines is 1. The predicted molar refractivity (Wildman–Crippen MR) is 94.6 cm³/mol. The molecule has 0 spiro atoms. The predicted octanol–water partition coefficient (Wildman–Crippen LogP) is 3.57. The highest BCUT2D eigenvalue weighted by Gasteiger charge is 2.49. The largest absolute Gasteiger partial charge is 0.341 e. The van der Waals surface area contributed by atoms with Crippen molar-refractivity contribution in [1.82, 2.24) is 4.90 Å². The zero-order valence-corrected chi connectivity index (χ0v) is 14.2. The first-order chi connectivity index (χ1) is 11.5. The molecule has 5 heteroatoms. The van der Waals surface area contributed by atoms with Crippen molar-refractivity contribution >= 4 is 29.1 Å². The van der Waals surface area contributed by atoms with Gasteiger partial charge in [0, 0.05) is 24.3 Å². The van der Waals surface area contributed by atoms with Gasteiger partial charge in [-0.15, -0.1) is 0 Å². The minimum absolute atomic E-state index is 0.0232. The summed E-state index contributed by atoms with van der Waals surface area (Å²) in [6, 6.07) is 16.8. The van der Waals surface area contributed by atoms with Gasteiger partial charge in [-0.3, -0.25) is 9.59 Å². The number of hydrogen-bond acceptors (Lipinski definition) is 2. The van der Waals surface area contributed by atoms with Crippen LogP contribution in [0.1, 0.15) is 12.0 Å². The maximum atomic E-state index is 12.5. The summed E-state index contributed by atoms with van der Waals surface area (Å²) in [5, 5.41) is 3.46. The van der Waals surface area contributed by atoms with Gasteiger partial charge in [-0.05, 0) is 36.2 Å². The highest BCUT2D eigenvalue weighted by Crippen LogP contribution is 2.40. The first-order valence-corrected chi connectivity index (χ1v) is 8.28. The average Bonchev–Trinajstić information content (AvgIpc) is 3.38. The van der Waals surface area contributed by atoms with E-state index in [-0.39, 0.29) is 23.7 Å². The number of carbonyl (C=O) groups is 2. The normalized spacial score (nSPS) is 18.8. The first kappa shape index (κ1) is 16.5. The van der Waals surface area contributed by atoms with Crippen LogP contribution in [0.15, 0.2) is 54.6 Å². The summed E-state index contributed by atoms with van der Waals surface area (Å²) in [6.07, 6.45) is 0.609. The van der Waals surface area contributed by atoms with Crippen LogP contribution in [-0.2, 0) is 16.1 Å². The zero-order chi connectivity index (χ0) is 17.1. The minimum atomic E-state index is -0.244. The Kier molecular flexibility index (Phi) is 4.86. The molecular weight excluding hydrogens is 324 g/mol. The second-order valence-electron chi connectivity index (χ2n) is 6.12. The van der Waals surface area contributed by atoms with E-state index < -0.39 is 0 Å². The summed E-state index contributed by atoms with van der Waals surface area (Å²) in [7, 11) is 1.78. The number of halogens is 1. The van der Waals surface area contributed by atoms with Crippen molar-refractivity contribution in [1.29, 1.82) is 0 Å². The molecule has 0 bridgehead atoms. The van der Waals surface area contributed by atoms with Gasteiger partial charge in [0.15, 0.2) is 0 Å². The minimum Gasteiger partial charge on any atom is -0.341 e. The summed E-state index contributed by atoms with van der Waals surface area (Å²) in [5.74, 6) is -0.545. The SMILES string of the molecule is CN(Cc1ccccc1)C(=O)C1CC1C(=O)Nc1ccc(Cl)cc1. The van der Waals surface area contributed by atoms with Crippen molar-refractivity contribution in [3.8, 4) is 0 Å². The summed E-state index contributed by atoms with van der Waals surface area (Å²) >= 11 is 5.83. The molecule has 0 aliphatic heterocycles. The van der Waals surface area contributed by atoms with Crippen LogP contribution in [0.5, 0.6) is 0 Å². The van der Waals surface area contributed by atoms with Crippen molar-refractivity contribution in [2.75, 3.05) is 12.4 Å². The Bertz CT molecular complexity index is 731. The van der Waals surface area contributed by atoms with E-state index in [9.17, 15) is 9.59 Å². The number of hydrogen-bond donors (Lipinski definition) is 1. The Balaban J connectivity index is 1.53. The van der Waals surface area contributed by atoms with Crippen molar-refractivity contribution in [3.05, 3.63) is 65.2 Å². The Labute approximate surface area is 146 Å². The number of rotatable bonds is 5. The molecule has 0 radical (unpaired) electrons. The number of amides is 2. The lowest BCUT2D eigenvalue weighted by atomic mass is 10.2. The van der Waals surface area contributed by atoms with E-state index in [2.05, 4.69) is 5.32 Å². The van der Waals surface area contributed by atoms with Crippen molar-refractivity contribution < 1.29 is 9.59 Å². The molecular formula is C19H19ClN2O2. The van der Waals surface area contributed by atoms with E-state index in [0.717, 1.165) is 5.56 Å². The van der Waals surface area contributed by atoms with Gasteiger partial charge in [0.1, 0.15) is 0 Å². The molecule has 1 N–H and O–H groups in total. The third-order valence-corrected chi connectivity index (χ3v) is 4.45. The van der Waals surface area contributed by atoms with Gasteiger partial charge in [0.2, 0.25) is 11.8 Å². The molecule has 2 aromatic carbocycles. The molecule has 24 heavy (non-hydrogen) atoms. The van der Waals surface area contributed by atoms with Crippen LogP contribution in [0.4, 0.5) is 5.69 Å². The highest BCUT2D eigenvalue weighted by molar-refractivity contribution is 6.30. The molecule has 3 rings (SSSR count). The van der Waals surface area contributed by atoms with Crippen molar-refractivity contribution in [3.63, 3.8) is 0 Å².